The first-order valence-electron chi connectivity index (χ1n) is 5.10. The summed E-state index contributed by atoms with van der Waals surface area (Å²) in [6.07, 6.45) is -4.87. The highest BCUT2D eigenvalue weighted by Crippen LogP contribution is 2.27. The Bertz CT molecular complexity index is 480. The smallest absolute Gasteiger partial charge is 0.462 e. The lowest BCUT2D eigenvalue weighted by Gasteiger charge is -2.13. The highest BCUT2D eigenvalue weighted by molar-refractivity contribution is 14.1. The predicted molar refractivity (Wildman–Crippen MR) is 67.5 cm³/mol. The van der Waals surface area contributed by atoms with Gasteiger partial charge in [0.2, 0.25) is 5.88 Å². The van der Waals surface area contributed by atoms with Crippen LogP contribution in [0, 0.1) is 3.70 Å². The van der Waals surface area contributed by atoms with Crippen molar-refractivity contribution >= 4 is 28.6 Å². The molecule has 0 saturated carbocycles. The maximum atomic E-state index is 12.2. The summed E-state index contributed by atoms with van der Waals surface area (Å²) in [6.45, 7) is 1.51. The van der Waals surface area contributed by atoms with Gasteiger partial charge in [0.05, 0.1) is 12.2 Å². The maximum absolute atomic E-state index is 12.2. The molecule has 19 heavy (non-hydrogen) atoms. The molecule has 106 valence electrons. The molecule has 0 fully saturated rings. The standard InChI is InChI=1S/C10H10F3IN2O3/c1-2-18-9(17)6-3-5(4-15)8(16-7(6)14)19-10(11,12)13/h3H,2,4,15H2,1H3. The lowest BCUT2D eigenvalue weighted by Crippen LogP contribution is -2.21. The van der Waals surface area contributed by atoms with Crippen LogP contribution in [0.4, 0.5) is 13.2 Å². The minimum atomic E-state index is -4.87. The molecule has 1 aromatic heterocycles. The zero-order chi connectivity index (χ0) is 14.6. The van der Waals surface area contributed by atoms with Crippen LogP contribution in [-0.4, -0.2) is 23.9 Å². The van der Waals surface area contributed by atoms with Gasteiger partial charge < -0.3 is 15.2 Å². The monoisotopic (exact) mass is 390 g/mol. The normalized spacial score (nSPS) is 11.3. The number of carbonyl (C=O) groups is 1. The molecule has 0 unspecified atom stereocenters. The topological polar surface area (TPSA) is 74.4 Å². The van der Waals surface area contributed by atoms with Gasteiger partial charge in [-0.15, -0.1) is 13.2 Å². The molecule has 0 radical (unpaired) electrons. The number of hydrogen-bond donors (Lipinski definition) is 1. The van der Waals surface area contributed by atoms with E-state index in [1.54, 1.807) is 29.5 Å². The SMILES string of the molecule is CCOC(=O)c1cc(CN)c(OC(F)(F)F)nc1I. The molecule has 5 nitrogen and oxygen atoms in total. The van der Waals surface area contributed by atoms with Crippen LogP contribution < -0.4 is 10.5 Å². The number of pyridine rings is 1. The Morgan fingerprint density at radius 3 is 2.63 bits per heavy atom. The Labute approximate surface area is 120 Å². The minimum Gasteiger partial charge on any atom is -0.462 e. The number of hydrogen-bond acceptors (Lipinski definition) is 5. The number of halogens is 4. The summed E-state index contributed by atoms with van der Waals surface area (Å²) in [4.78, 5) is 15.2. The van der Waals surface area contributed by atoms with Gasteiger partial charge in [-0.25, -0.2) is 9.78 Å². The van der Waals surface area contributed by atoms with Crippen molar-refractivity contribution < 1.29 is 27.4 Å². The van der Waals surface area contributed by atoms with Crippen LogP contribution in [0.1, 0.15) is 22.8 Å². The number of nitrogens with zero attached hydrogens (tertiary/aromatic N) is 1. The van der Waals surface area contributed by atoms with E-state index < -0.39 is 18.2 Å². The van der Waals surface area contributed by atoms with Crippen LogP contribution in [0.5, 0.6) is 5.88 Å². The first-order valence-corrected chi connectivity index (χ1v) is 6.18. The number of carbonyl (C=O) groups excluding carboxylic acids is 1. The summed E-state index contributed by atoms with van der Waals surface area (Å²) in [6, 6.07) is 1.19. The van der Waals surface area contributed by atoms with Crippen molar-refractivity contribution in [1.29, 1.82) is 0 Å². The van der Waals surface area contributed by atoms with Crippen molar-refractivity contribution in [1.82, 2.24) is 4.98 Å². The van der Waals surface area contributed by atoms with Crippen LogP contribution in [0.25, 0.3) is 0 Å². The van der Waals surface area contributed by atoms with Gasteiger partial charge in [0.15, 0.2) is 0 Å². The summed E-state index contributed by atoms with van der Waals surface area (Å²) in [5, 5.41) is 0. The molecule has 0 amide bonds. The summed E-state index contributed by atoms with van der Waals surface area (Å²) in [5.41, 5.74) is 5.35. The van der Waals surface area contributed by atoms with Gasteiger partial charge in [0.1, 0.15) is 3.70 Å². The molecule has 0 aliphatic carbocycles. The van der Waals surface area contributed by atoms with E-state index in [0.717, 1.165) is 0 Å². The Morgan fingerprint density at radius 2 is 2.16 bits per heavy atom. The second kappa shape index (κ2) is 6.37. The highest BCUT2D eigenvalue weighted by Gasteiger charge is 2.33. The zero-order valence-corrected chi connectivity index (χ0v) is 11.9. The molecule has 9 heteroatoms. The van der Waals surface area contributed by atoms with Crippen molar-refractivity contribution in [3.8, 4) is 5.88 Å². The van der Waals surface area contributed by atoms with Gasteiger partial charge in [-0.3, -0.25) is 0 Å². The first kappa shape index (κ1) is 16.0. The van der Waals surface area contributed by atoms with Crippen LogP contribution in [0.2, 0.25) is 0 Å². The van der Waals surface area contributed by atoms with Gasteiger partial charge in [0, 0.05) is 12.1 Å². The van der Waals surface area contributed by atoms with Crippen LogP contribution in [-0.2, 0) is 11.3 Å². The largest absolute Gasteiger partial charge is 0.574 e. The summed E-state index contributed by atoms with van der Waals surface area (Å²) < 4.78 is 45.1. The Morgan fingerprint density at radius 1 is 1.53 bits per heavy atom. The zero-order valence-electron chi connectivity index (χ0n) is 9.75. The third-order valence-electron chi connectivity index (χ3n) is 1.94. The molecule has 1 aromatic rings. The van der Waals surface area contributed by atoms with E-state index in [1.165, 1.54) is 6.07 Å². The molecule has 0 spiro atoms. The minimum absolute atomic E-state index is 0.0270. The molecular weight excluding hydrogens is 380 g/mol. The maximum Gasteiger partial charge on any atom is 0.574 e. The molecule has 0 atom stereocenters. The average Bonchev–Trinajstić information content (AvgIpc) is 2.27. The van der Waals surface area contributed by atoms with E-state index in [2.05, 4.69) is 9.72 Å². The van der Waals surface area contributed by atoms with Crippen molar-refractivity contribution in [2.45, 2.75) is 19.8 Å². The second-order valence-electron chi connectivity index (χ2n) is 3.26. The number of rotatable bonds is 4. The fourth-order valence-electron chi connectivity index (χ4n) is 1.21. The first-order chi connectivity index (χ1) is 8.78. The Kier molecular flexibility index (Phi) is 5.35. The molecule has 0 aliphatic heterocycles. The third-order valence-corrected chi connectivity index (χ3v) is 2.77. The van der Waals surface area contributed by atoms with Crippen LogP contribution >= 0.6 is 22.6 Å². The third kappa shape index (κ3) is 4.49. The van der Waals surface area contributed by atoms with E-state index in [0.29, 0.717) is 0 Å². The molecule has 1 rings (SSSR count). The summed E-state index contributed by atoms with van der Waals surface area (Å²) in [7, 11) is 0. The second-order valence-corrected chi connectivity index (χ2v) is 4.29. The molecule has 1 heterocycles. The lowest BCUT2D eigenvalue weighted by atomic mass is 10.2. The Hall–Kier alpha value is -1.10. The summed E-state index contributed by atoms with van der Waals surface area (Å²) >= 11 is 1.63. The number of alkyl halides is 3. The molecule has 2 N–H and O–H groups in total. The quantitative estimate of drug-likeness (QED) is 0.485. The van der Waals surface area contributed by atoms with E-state index in [-0.39, 0.29) is 28.0 Å². The van der Waals surface area contributed by atoms with Gasteiger partial charge >= 0.3 is 12.3 Å². The van der Waals surface area contributed by atoms with Crippen molar-refractivity contribution in [3.05, 3.63) is 20.9 Å². The van der Waals surface area contributed by atoms with E-state index in [9.17, 15) is 18.0 Å². The molecule has 0 aliphatic rings. The fraction of sp³-hybridized carbons (Fsp3) is 0.400. The van der Waals surface area contributed by atoms with Crippen LogP contribution in [0.3, 0.4) is 0 Å². The molecular formula is C10H10F3IN2O3. The number of nitrogens with two attached hydrogens (primary N) is 1. The van der Waals surface area contributed by atoms with Crippen molar-refractivity contribution in [2.75, 3.05) is 6.61 Å². The molecule has 0 saturated heterocycles. The fourth-order valence-corrected chi connectivity index (χ4v) is 1.81. The van der Waals surface area contributed by atoms with Gasteiger partial charge in [0.25, 0.3) is 0 Å². The van der Waals surface area contributed by atoms with Crippen molar-refractivity contribution in [3.63, 3.8) is 0 Å². The number of aromatic nitrogens is 1. The lowest BCUT2D eigenvalue weighted by molar-refractivity contribution is -0.276. The highest BCUT2D eigenvalue weighted by atomic mass is 127. The van der Waals surface area contributed by atoms with E-state index in [1.807, 2.05) is 0 Å². The van der Waals surface area contributed by atoms with Crippen LogP contribution in [0.15, 0.2) is 6.07 Å². The molecule has 0 aromatic carbocycles. The Balaban J connectivity index is 3.17. The van der Waals surface area contributed by atoms with E-state index in [4.69, 9.17) is 10.5 Å². The number of esters is 1. The van der Waals surface area contributed by atoms with E-state index >= 15 is 0 Å². The van der Waals surface area contributed by atoms with Crippen molar-refractivity contribution in [2.24, 2.45) is 5.73 Å². The summed E-state index contributed by atoms with van der Waals surface area (Å²) in [5.74, 6) is -1.33. The van der Waals surface area contributed by atoms with Gasteiger partial charge in [-0.05, 0) is 35.6 Å². The predicted octanol–water partition coefficient (Wildman–Crippen LogP) is 2.22. The van der Waals surface area contributed by atoms with Gasteiger partial charge in [-0.1, -0.05) is 0 Å². The van der Waals surface area contributed by atoms with Gasteiger partial charge in [-0.2, -0.15) is 0 Å². The molecule has 0 bridgehead atoms. The number of ether oxygens (including phenoxy) is 2. The average molecular weight is 390 g/mol.